The largest absolute Gasteiger partial charge is 0.453 e. The third-order valence-electron chi connectivity index (χ3n) is 3.49. The van der Waals surface area contributed by atoms with Gasteiger partial charge in [-0.1, -0.05) is 23.2 Å². The van der Waals surface area contributed by atoms with Gasteiger partial charge in [-0.15, -0.1) is 0 Å². The molecule has 0 amide bonds. The maximum atomic E-state index is 6.01. The van der Waals surface area contributed by atoms with Crippen LogP contribution in [0.5, 0.6) is 0 Å². The van der Waals surface area contributed by atoms with Crippen LogP contribution in [0, 0.1) is 6.92 Å². The van der Waals surface area contributed by atoms with Gasteiger partial charge in [0, 0.05) is 10.4 Å². The van der Waals surface area contributed by atoms with Crippen molar-refractivity contribution in [2.24, 2.45) is 0 Å². The Kier molecular flexibility index (Phi) is 2.50. The minimum Gasteiger partial charge on any atom is -0.453 e. The van der Waals surface area contributed by atoms with Crippen molar-refractivity contribution in [3.63, 3.8) is 0 Å². The van der Waals surface area contributed by atoms with Crippen LogP contribution in [-0.2, 0) is 0 Å². The predicted molar refractivity (Wildman–Crippen MR) is 85.5 cm³/mol. The zero-order valence-corrected chi connectivity index (χ0v) is 12.0. The van der Waals surface area contributed by atoms with Gasteiger partial charge in [-0.3, -0.25) is 0 Å². The average Bonchev–Trinajstić information content (AvgIpc) is 3.01. The number of nitrogens with two attached hydrogens (primary N) is 1. The van der Waals surface area contributed by atoms with E-state index >= 15 is 0 Å². The van der Waals surface area contributed by atoms with Gasteiger partial charge in [-0.05, 0) is 37.3 Å². The molecule has 2 aromatic carbocycles. The number of anilines is 1. The summed E-state index contributed by atoms with van der Waals surface area (Å²) in [4.78, 5) is 7.71. The highest BCUT2D eigenvalue weighted by Gasteiger charge is 2.13. The first-order chi connectivity index (χ1) is 10.1. The maximum Gasteiger partial charge on any atom is 0.174 e. The van der Waals surface area contributed by atoms with Crippen LogP contribution in [0.15, 0.2) is 40.8 Å². The number of halogens is 1. The molecule has 0 spiro atoms. The Hall–Kier alpha value is -2.46. The summed E-state index contributed by atoms with van der Waals surface area (Å²) in [5, 5.41) is 1.63. The van der Waals surface area contributed by atoms with E-state index in [4.69, 9.17) is 21.8 Å². The third-order valence-corrected chi connectivity index (χ3v) is 3.70. The number of benzene rings is 2. The molecule has 21 heavy (non-hydrogen) atoms. The molecule has 104 valence electrons. The molecule has 0 fully saturated rings. The molecule has 5 heteroatoms. The van der Waals surface area contributed by atoms with Crippen LogP contribution >= 0.6 is 11.6 Å². The number of nitrogens with zero attached hydrogens (tertiary/aromatic N) is 1. The van der Waals surface area contributed by atoms with Gasteiger partial charge >= 0.3 is 0 Å². The fourth-order valence-electron chi connectivity index (χ4n) is 2.50. The Balaban J connectivity index is 1.93. The first-order valence-corrected chi connectivity index (χ1v) is 6.93. The smallest absolute Gasteiger partial charge is 0.174 e. The Morgan fingerprint density at radius 1 is 1.19 bits per heavy atom. The minimum absolute atomic E-state index is 0.548. The number of aromatic amines is 1. The molecule has 0 unspecified atom stereocenters. The fourth-order valence-corrected chi connectivity index (χ4v) is 2.73. The molecule has 0 aliphatic heterocycles. The van der Waals surface area contributed by atoms with E-state index in [0.717, 1.165) is 16.5 Å². The van der Waals surface area contributed by atoms with Gasteiger partial charge in [0.15, 0.2) is 11.6 Å². The normalized spacial score (nSPS) is 11.5. The Morgan fingerprint density at radius 3 is 2.90 bits per heavy atom. The lowest BCUT2D eigenvalue weighted by molar-refractivity contribution is 0.626. The summed E-state index contributed by atoms with van der Waals surface area (Å²) in [5.74, 6) is 1.33. The highest BCUT2D eigenvalue weighted by atomic mass is 35.5. The van der Waals surface area contributed by atoms with Crippen molar-refractivity contribution in [2.75, 3.05) is 5.73 Å². The van der Waals surface area contributed by atoms with Gasteiger partial charge in [0.1, 0.15) is 11.1 Å². The number of rotatable bonds is 1. The molecule has 2 heterocycles. The van der Waals surface area contributed by atoms with Crippen molar-refractivity contribution in [2.45, 2.75) is 6.92 Å². The lowest BCUT2D eigenvalue weighted by Gasteiger charge is -1.94. The van der Waals surface area contributed by atoms with Crippen LogP contribution in [0.1, 0.15) is 5.56 Å². The van der Waals surface area contributed by atoms with Crippen molar-refractivity contribution in [3.8, 4) is 11.6 Å². The molecule has 0 radical (unpaired) electrons. The predicted octanol–water partition coefficient (Wildman–Crippen LogP) is 4.52. The van der Waals surface area contributed by atoms with Gasteiger partial charge in [0.2, 0.25) is 0 Å². The quantitative estimate of drug-likeness (QED) is 0.508. The number of nitrogens with one attached hydrogen (secondary N) is 1. The number of hydrogen-bond acceptors (Lipinski definition) is 3. The molecule has 2 aromatic heterocycles. The van der Waals surface area contributed by atoms with Crippen molar-refractivity contribution in [3.05, 3.63) is 47.0 Å². The monoisotopic (exact) mass is 297 g/mol. The second kappa shape index (κ2) is 4.27. The number of H-pyrrole nitrogens is 1. The second-order valence-corrected chi connectivity index (χ2v) is 5.56. The summed E-state index contributed by atoms with van der Waals surface area (Å²) in [6.45, 7) is 2.05. The van der Waals surface area contributed by atoms with Crippen molar-refractivity contribution in [1.29, 1.82) is 0 Å². The molecule has 0 aliphatic rings. The van der Waals surface area contributed by atoms with E-state index in [1.54, 1.807) is 12.1 Å². The minimum atomic E-state index is 0.548. The van der Waals surface area contributed by atoms with E-state index in [-0.39, 0.29) is 0 Å². The summed E-state index contributed by atoms with van der Waals surface area (Å²) in [5.41, 5.74) is 10.0. The highest BCUT2D eigenvalue weighted by Crippen LogP contribution is 2.30. The van der Waals surface area contributed by atoms with Crippen molar-refractivity contribution < 1.29 is 4.42 Å². The van der Waals surface area contributed by atoms with Gasteiger partial charge in [0.05, 0.1) is 11.2 Å². The molecule has 4 rings (SSSR count). The Morgan fingerprint density at radius 2 is 2.05 bits per heavy atom. The molecule has 4 nitrogen and oxygen atoms in total. The number of nitrogen functional groups attached to an aromatic ring is 1. The van der Waals surface area contributed by atoms with Crippen LogP contribution < -0.4 is 5.73 Å². The molecule has 0 aliphatic carbocycles. The first-order valence-electron chi connectivity index (χ1n) is 6.55. The van der Waals surface area contributed by atoms with Gasteiger partial charge in [-0.25, -0.2) is 4.98 Å². The highest BCUT2D eigenvalue weighted by molar-refractivity contribution is 6.31. The molecular formula is C16H12ClN3O. The summed E-state index contributed by atoms with van der Waals surface area (Å²) < 4.78 is 5.84. The standard InChI is InChI=1S/C16H12ClN3O/c1-8-2-3-13-9(4-8)5-14(21-13)16-19-12-7-10(17)6-11(18)15(12)20-16/h2-7H,18H2,1H3,(H,19,20). The van der Waals surface area contributed by atoms with E-state index in [2.05, 4.69) is 23.0 Å². The molecule has 0 atom stereocenters. The number of furan rings is 1. The zero-order valence-electron chi connectivity index (χ0n) is 11.3. The van der Waals surface area contributed by atoms with E-state index in [0.29, 0.717) is 27.8 Å². The zero-order chi connectivity index (χ0) is 14.6. The number of hydrogen-bond donors (Lipinski definition) is 2. The summed E-state index contributed by atoms with van der Waals surface area (Å²) in [7, 11) is 0. The lowest BCUT2D eigenvalue weighted by atomic mass is 10.2. The summed E-state index contributed by atoms with van der Waals surface area (Å²) in [6, 6.07) is 11.5. The van der Waals surface area contributed by atoms with Crippen LogP contribution in [0.2, 0.25) is 5.02 Å². The fraction of sp³-hybridized carbons (Fsp3) is 0.0625. The van der Waals surface area contributed by atoms with Crippen LogP contribution in [-0.4, -0.2) is 9.97 Å². The molecule has 3 N–H and O–H groups in total. The van der Waals surface area contributed by atoms with Gasteiger partial charge < -0.3 is 15.1 Å². The molecule has 0 saturated carbocycles. The topological polar surface area (TPSA) is 67.8 Å². The molecule has 0 bridgehead atoms. The molecular weight excluding hydrogens is 286 g/mol. The van der Waals surface area contributed by atoms with E-state index in [1.165, 1.54) is 5.56 Å². The number of imidazole rings is 1. The van der Waals surface area contributed by atoms with Crippen LogP contribution in [0.25, 0.3) is 33.6 Å². The first kappa shape index (κ1) is 12.3. The summed E-state index contributed by atoms with van der Waals surface area (Å²) in [6.07, 6.45) is 0. The van der Waals surface area contributed by atoms with Crippen molar-refractivity contribution in [1.82, 2.24) is 9.97 Å². The second-order valence-electron chi connectivity index (χ2n) is 5.13. The summed E-state index contributed by atoms with van der Waals surface area (Å²) >= 11 is 6.01. The van der Waals surface area contributed by atoms with Crippen LogP contribution in [0.3, 0.4) is 0 Å². The number of fused-ring (bicyclic) bond motifs is 2. The lowest BCUT2D eigenvalue weighted by Crippen LogP contribution is -1.86. The molecule has 0 saturated heterocycles. The molecule has 4 aromatic rings. The Labute approximate surface area is 125 Å². The third kappa shape index (κ3) is 1.96. The Bertz CT molecular complexity index is 984. The van der Waals surface area contributed by atoms with Gasteiger partial charge in [-0.2, -0.15) is 0 Å². The maximum absolute atomic E-state index is 6.01. The SMILES string of the molecule is Cc1ccc2oc(-c3nc4c(N)cc(Cl)cc4[nH]3)cc2c1. The van der Waals surface area contributed by atoms with E-state index in [1.807, 2.05) is 18.2 Å². The number of aromatic nitrogens is 2. The van der Waals surface area contributed by atoms with Gasteiger partial charge in [0.25, 0.3) is 0 Å². The van der Waals surface area contributed by atoms with Crippen LogP contribution in [0.4, 0.5) is 5.69 Å². The van der Waals surface area contributed by atoms with E-state index < -0.39 is 0 Å². The average molecular weight is 298 g/mol. The van der Waals surface area contributed by atoms with Crippen molar-refractivity contribution >= 4 is 39.3 Å². The number of aryl methyl sites for hydroxylation is 1. The van der Waals surface area contributed by atoms with E-state index in [9.17, 15) is 0 Å².